The number of carbonyl (C=O) groups is 1. The number of pyridine rings is 1. The number of rotatable bonds is 2. The number of nitrogens with one attached hydrogen (secondary N) is 1. The summed E-state index contributed by atoms with van der Waals surface area (Å²) in [6.45, 7) is 0.759. The molecule has 24 heavy (non-hydrogen) atoms. The van der Waals surface area contributed by atoms with Crippen LogP contribution in [0.2, 0.25) is 0 Å². The number of amides is 1. The Morgan fingerprint density at radius 2 is 2.12 bits per heavy atom. The minimum absolute atomic E-state index is 0.0171. The van der Waals surface area contributed by atoms with E-state index in [1.54, 1.807) is 24.5 Å². The first kappa shape index (κ1) is 15.6. The van der Waals surface area contributed by atoms with E-state index in [0.29, 0.717) is 12.1 Å². The van der Waals surface area contributed by atoms with Crippen LogP contribution in [-0.4, -0.2) is 40.1 Å². The van der Waals surface area contributed by atoms with Crippen LogP contribution in [0.3, 0.4) is 0 Å². The molecule has 0 saturated carbocycles. The van der Waals surface area contributed by atoms with Crippen LogP contribution in [-0.2, 0) is 0 Å². The summed E-state index contributed by atoms with van der Waals surface area (Å²) in [6, 6.07) is 9.52. The van der Waals surface area contributed by atoms with Crippen molar-refractivity contribution in [2.24, 2.45) is 5.92 Å². The van der Waals surface area contributed by atoms with E-state index in [4.69, 9.17) is 0 Å². The van der Waals surface area contributed by atoms with Crippen molar-refractivity contribution in [2.75, 3.05) is 18.5 Å². The molecule has 0 radical (unpaired) electrons. The maximum atomic E-state index is 13.0. The quantitative estimate of drug-likeness (QED) is 0.831. The van der Waals surface area contributed by atoms with Gasteiger partial charge in [0, 0.05) is 40.6 Å². The predicted molar refractivity (Wildman–Crippen MR) is 94.8 cm³/mol. The number of nitrogens with zero attached hydrogens (tertiary/aromatic N) is 2. The topological polar surface area (TPSA) is 65.5 Å². The summed E-state index contributed by atoms with van der Waals surface area (Å²) in [4.78, 5) is 18.9. The van der Waals surface area contributed by atoms with Gasteiger partial charge in [-0.25, -0.2) is 0 Å². The lowest BCUT2D eigenvalue weighted by Gasteiger charge is -2.39. The number of halogens is 1. The number of aliphatic hydroxyl groups is 1. The zero-order valence-corrected chi connectivity index (χ0v) is 14.6. The molecule has 1 saturated heterocycles. The number of hydrogen-bond acceptors (Lipinski definition) is 4. The van der Waals surface area contributed by atoms with E-state index in [1.165, 1.54) is 0 Å². The molecule has 124 valence electrons. The molecule has 4 rings (SSSR count). The van der Waals surface area contributed by atoms with E-state index in [9.17, 15) is 9.90 Å². The second-order valence-electron chi connectivity index (χ2n) is 6.30. The highest BCUT2D eigenvalue weighted by molar-refractivity contribution is 9.10. The van der Waals surface area contributed by atoms with Gasteiger partial charge in [0.15, 0.2) is 0 Å². The van der Waals surface area contributed by atoms with E-state index < -0.39 is 0 Å². The molecule has 0 unspecified atom stereocenters. The molecule has 0 bridgehead atoms. The molecular formula is C18H18BrN3O2. The van der Waals surface area contributed by atoms with E-state index in [2.05, 4.69) is 32.3 Å². The van der Waals surface area contributed by atoms with Gasteiger partial charge in [-0.3, -0.25) is 9.78 Å². The Balaban J connectivity index is 1.75. The summed E-state index contributed by atoms with van der Waals surface area (Å²) < 4.78 is 0.993. The van der Waals surface area contributed by atoms with Crippen LogP contribution in [0.4, 0.5) is 5.69 Å². The van der Waals surface area contributed by atoms with Crippen LogP contribution in [0.15, 0.2) is 47.2 Å². The summed E-state index contributed by atoms with van der Waals surface area (Å²) in [6.07, 6.45) is 4.17. The summed E-state index contributed by atoms with van der Waals surface area (Å²) in [7, 11) is 0. The number of carbonyl (C=O) groups excluding carboxylic acids is 1. The molecule has 5 nitrogen and oxygen atoms in total. The van der Waals surface area contributed by atoms with Crippen molar-refractivity contribution in [1.29, 1.82) is 0 Å². The molecule has 6 heteroatoms. The van der Waals surface area contributed by atoms with Gasteiger partial charge in [0.1, 0.15) is 0 Å². The summed E-state index contributed by atoms with van der Waals surface area (Å²) in [5.74, 6) is 0.233. The second kappa shape index (κ2) is 6.18. The third-order valence-corrected chi connectivity index (χ3v) is 5.51. The van der Waals surface area contributed by atoms with Crippen LogP contribution in [0.5, 0.6) is 0 Å². The van der Waals surface area contributed by atoms with E-state index >= 15 is 0 Å². The van der Waals surface area contributed by atoms with Gasteiger partial charge in [-0.15, -0.1) is 0 Å². The smallest absolute Gasteiger partial charge is 0.254 e. The number of hydrogen-bond donors (Lipinski definition) is 2. The van der Waals surface area contributed by atoms with Crippen molar-refractivity contribution in [1.82, 2.24) is 9.88 Å². The SMILES string of the molecule is O=C(c1ccncc1)N1CC[C@@H]2[C@H]1c1cc(Br)ccc1N[C@@H]2CO. The predicted octanol–water partition coefficient (Wildman–Crippen LogP) is 2.83. The number of anilines is 1. The van der Waals surface area contributed by atoms with Gasteiger partial charge in [0.05, 0.1) is 18.7 Å². The molecule has 2 N–H and O–H groups in total. The minimum atomic E-state index is -0.0288. The van der Waals surface area contributed by atoms with Gasteiger partial charge in [0.2, 0.25) is 0 Å². The van der Waals surface area contributed by atoms with E-state index in [1.807, 2.05) is 17.0 Å². The zero-order chi connectivity index (χ0) is 16.7. The van der Waals surface area contributed by atoms with Crippen LogP contribution in [0, 0.1) is 5.92 Å². The average molecular weight is 388 g/mol. The van der Waals surface area contributed by atoms with Gasteiger partial charge in [-0.2, -0.15) is 0 Å². The highest BCUT2D eigenvalue weighted by Gasteiger charge is 2.45. The Hall–Kier alpha value is -1.92. The van der Waals surface area contributed by atoms with Crippen LogP contribution in [0.1, 0.15) is 28.4 Å². The fourth-order valence-electron chi connectivity index (χ4n) is 3.92. The highest BCUT2D eigenvalue weighted by Crippen LogP contribution is 2.47. The lowest BCUT2D eigenvalue weighted by Crippen LogP contribution is -2.42. The van der Waals surface area contributed by atoms with E-state index in [0.717, 1.165) is 22.1 Å². The lowest BCUT2D eigenvalue weighted by atomic mass is 9.83. The Morgan fingerprint density at radius 3 is 2.88 bits per heavy atom. The molecule has 1 aromatic carbocycles. The first-order valence-corrected chi connectivity index (χ1v) is 8.86. The molecular weight excluding hydrogens is 370 g/mol. The Labute approximate surface area is 148 Å². The van der Waals surface area contributed by atoms with Crippen molar-refractivity contribution in [3.05, 3.63) is 58.3 Å². The Kier molecular flexibility index (Phi) is 4.02. The second-order valence-corrected chi connectivity index (χ2v) is 7.21. The molecule has 2 aliphatic rings. The molecule has 0 aliphatic carbocycles. The molecule has 1 fully saturated rings. The summed E-state index contributed by atoms with van der Waals surface area (Å²) >= 11 is 3.53. The van der Waals surface area contributed by atoms with E-state index in [-0.39, 0.29) is 30.5 Å². The van der Waals surface area contributed by atoms with Gasteiger partial charge >= 0.3 is 0 Å². The maximum Gasteiger partial charge on any atom is 0.254 e. The average Bonchev–Trinajstić information content (AvgIpc) is 3.06. The lowest BCUT2D eigenvalue weighted by molar-refractivity contribution is 0.0701. The molecule has 1 amide bonds. The number of aromatic nitrogens is 1. The minimum Gasteiger partial charge on any atom is -0.394 e. The number of aliphatic hydroxyl groups excluding tert-OH is 1. The molecule has 3 heterocycles. The monoisotopic (exact) mass is 387 g/mol. The maximum absolute atomic E-state index is 13.0. The third kappa shape index (κ3) is 2.50. The van der Waals surface area contributed by atoms with Crippen LogP contribution >= 0.6 is 15.9 Å². The van der Waals surface area contributed by atoms with Crippen molar-refractivity contribution in [2.45, 2.75) is 18.5 Å². The molecule has 2 aliphatic heterocycles. The summed E-state index contributed by atoms with van der Waals surface area (Å²) in [5, 5.41) is 13.2. The molecule has 2 aromatic rings. The normalized spacial score (nSPS) is 24.9. The van der Waals surface area contributed by atoms with Crippen molar-refractivity contribution in [3.63, 3.8) is 0 Å². The Morgan fingerprint density at radius 1 is 1.33 bits per heavy atom. The standard InChI is InChI=1S/C18H18BrN3O2/c19-12-1-2-15-14(9-12)17-13(16(10-23)21-15)5-8-22(17)18(24)11-3-6-20-7-4-11/h1-4,6-7,9,13,16-17,21,23H,5,8,10H2/t13-,16+,17-/m0/s1. The number of benzene rings is 1. The van der Waals surface area contributed by atoms with Gasteiger partial charge in [-0.1, -0.05) is 15.9 Å². The molecule has 3 atom stereocenters. The highest BCUT2D eigenvalue weighted by atomic mass is 79.9. The summed E-state index contributed by atoms with van der Waals surface area (Å²) in [5.41, 5.74) is 2.76. The fraction of sp³-hybridized carbons (Fsp3) is 0.333. The fourth-order valence-corrected chi connectivity index (χ4v) is 4.30. The van der Waals surface area contributed by atoms with Gasteiger partial charge in [-0.05, 0) is 42.3 Å². The van der Waals surface area contributed by atoms with Crippen LogP contribution < -0.4 is 5.32 Å². The number of likely N-dealkylation sites (tertiary alicyclic amines) is 1. The first-order chi connectivity index (χ1) is 11.7. The molecule has 1 aromatic heterocycles. The molecule has 0 spiro atoms. The van der Waals surface area contributed by atoms with Gasteiger partial charge < -0.3 is 15.3 Å². The zero-order valence-electron chi connectivity index (χ0n) is 13.0. The largest absolute Gasteiger partial charge is 0.394 e. The van der Waals surface area contributed by atoms with Crippen molar-refractivity contribution in [3.8, 4) is 0 Å². The van der Waals surface area contributed by atoms with Crippen molar-refractivity contribution < 1.29 is 9.90 Å². The van der Waals surface area contributed by atoms with Crippen LogP contribution in [0.25, 0.3) is 0 Å². The number of fused-ring (bicyclic) bond motifs is 3. The Bertz CT molecular complexity index is 768. The first-order valence-electron chi connectivity index (χ1n) is 8.07. The third-order valence-electron chi connectivity index (χ3n) is 5.02. The van der Waals surface area contributed by atoms with Crippen molar-refractivity contribution >= 4 is 27.5 Å². The van der Waals surface area contributed by atoms with Gasteiger partial charge in [0.25, 0.3) is 5.91 Å².